The van der Waals surface area contributed by atoms with Crippen LogP contribution in [0.1, 0.15) is 149 Å². The number of ether oxygens (including phenoxy) is 3. The predicted octanol–water partition coefficient (Wildman–Crippen LogP) is 15.1. The number of aliphatic hydroxyl groups is 1. The van der Waals surface area contributed by atoms with Crippen molar-refractivity contribution in [3.63, 3.8) is 0 Å². The number of phosphoric ester groups is 1. The molecular weight excluding hydrogens is 928 g/mol. The first-order valence-electron chi connectivity index (χ1n) is 26.0. The van der Waals surface area contributed by atoms with Gasteiger partial charge in [0.05, 0.1) is 19.8 Å². The molecule has 0 aromatic rings. The lowest BCUT2D eigenvalue weighted by Gasteiger charge is -2.21. The van der Waals surface area contributed by atoms with Crippen molar-refractivity contribution < 1.29 is 52.2 Å². The Morgan fingerprint density at radius 2 is 0.625 bits per heavy atom. The molecule has 0 rings (SSSR count). The molecule has 72 heavy (non-hydrogen) atoms. The fourth-order valence-corrected chi connectivity index (χ4v) is 6.60. The molecule has 0 saturated carbocycles. The second-order valence-corrected chi connectivity index (χ2v) is 17.6. The van der Waals surface area contributed by atoms with Crippen LogP contribution in [-0.4, -0.2) is 66.5 Å². The lowest BCUT2D eigenvalue weighted by molar-refractivity contribution is -0.161. The first-order chi connectivity index (χ1) is 35.2. The second-order valence-electron chi connectivity index (χ2n) is 16.2. The molecule has 0 heterocycles. The third kappa shape index (κ3) is 49.8. The molecule has 11 nitrogen and oxygen atoms in total. The maximum absolute atomic E-state index is 12.8. The summed E-state index contributed by atoms with van der Waals surface area (Å²) in [6.07, 6.45) is 69.5. The van der Waals surface area contributed by atoms with Crippen LogP contribution in [0.2, 0.25) is 0 Å². The number of hydrogen-bond donors (Lipinski definition) is 2. The molecule has 0 amide bonds. The Kier molecular flexibility index (Phi) is 48.4. The second kappa shape index (κ2) is 52.2. The van der Waals surface area contributed by atoms with Crippen LogP contribution in [0.4, 0.5) is 0 Å². The van der Waals surface area contributed by atoms with Crippen LogP contribution in [0, 0.1) is 0 Å². The highest BCUT2D eigenvalue weighted by molar-refractivity contribution is 7.47. The normalized spacial score (nSPS) is 14.8. The van der Waals surface area contributed by atoms with Crippen LogP contribution >= 0.6 is 7.82 Å². The van der Waals surface area contributed by atoms with Gasteiger partial charge in [-0.2, -0.15) is 0 Å². The monoisotopic (exact) mass is 1020 g/mol. The summed E-state index contributed by atoms with van der Waals surface area (Å²) in [4.78, 5) is 48.2. The smallest absolute Gasteiger partial charge is 0.462 e. The molecule has 400 valence electrons. The van der Waals surface area contributed by atoms with Gasteiger partial charge in [-0.05, 0) is 109 Å². The first kappa shape index (κ1) is 66.8. The van der Waals surface area contributed by atoms with E-state index < -0.39 is 64.4 Å². The van der Waals surface area contributed by atoms with Crippen molar-refractivity contribution in [2.75, 3.05) is 26.4 Å². The number of carbonyl (C=O) groups is 3. The van der Waals surface area contributed by atoms with Gasteiger partial charge in [0, 0.05) is 19.3 Å². The van der Waals surface area contributed by atoms with E-state index in [-0.39, 0.29) is 19.3 Å². The van der Waals surface area contributed by atoms with E-state index in [4.69, 9.17) is 23.3 Å². The molecule has 2 N–H and O–H groups in total. The summed E-state index contributed by atoms with van der Waals surface area (Å²) in [6.45, 7) is 3.98. The molecule has 0 fully saturated rings. The molecule has 0 aliphatic heterocycles. The molecule has 0 spiro atoms. The lowest BCUT2D eigenvalue weighted by Crippen LogP contribution is -2.30. The highest BCUT2D eigenvalue weighted by Gasteiger charge is 2.28. The average molecular weight is 1020 g/mol. The molecule has 0 bridgehead atoms. The summed E-state index contributed by atoms with van der Waals surface area (Å²) in [6, 6.07) is 0. The van der Waals surface area contributed by atoms with E-state index in [1.54, 1.807) is 0 Å². The predicted molar refractivity (Wildman–Crippen MR) is 297 cm³/mol. The number of aliphatic hydroxyl groups excluding tert-OH is 1. The topological polar surface area (TPSA) is 155 Å². The Labute approximate surface area is 434 Å². The van der Waals surface area contributed by atoms with Gasteiger partial charge in [0.15, 0.2) is 6.10 Å². The Balaban J connectivity index is 5.01. The molecular formula is C60H89O11P. The zero-order valence-electron chi connectivity index (χ0n) is 43.8. The van der Waals surface area contributed by atoms with Crippen LogP contribution < -0.4 is 0 Å². The van der Waals surface area contributed by atoms with E-state index in [1.165, 1.54) is 0 Å². The Morgan fingerprint density at radius 3 is 0.917 bits per heavy atom. The fourth-order valence-electron chi connectivity index (χ4n) is 5.82. The third-order valence-corrected chi connectivity index (χ3v) is 10.6. The summed E-state index contributed by atoms with van der Waals surface area (Å²) in [7, 11) is -4.81. The Hall–Kier alpha value is -5.16. The molecule has 3 unspecified atom stereocenters. The van der Waals surface area contributed by atoms with E-state index in [0.717, 1.165) is 83.5 Å². The van der Waals surface area contributed by atoms with Crippen LogP contribution in [0.15, 0.2) is 170 Å². The van der Waals surface area contributed by atoms with Crippen LogP contribution in [0.5, 0.6) is 0 Å². The summed E-state index contributed by atoms with van der Waals surface area (Å²) in [5.74, 6) is -1.78. The SMILES string of the molecule is CC/C=C\C/C=C\C/C=C\C/C=C\C/C=C\C/C=C\CCC(=O)OCC(COP(=O)(O)OCC(CO)OC(=O)CC/C=C\C/C=C\C/C=C\C/C=C\CC)OC(=O)CC/C=C\C/C=C\C/C=C\C/C=C\CC. The quantitative estimate of drug-likeness (QED) is 0.0259. The van der Waals surface area contributed by atoms with Crippen LogP contribution in [0.25, 0.3) is 0 Å². The number of allylic oxidation sites excluding steroid dienone is 28. The third-order valence-electron chi connectivity index (χ3n) is 9.66. The van der Waals surface area contributed by atoms with Crippen molar-refractivity contribution in [2.24, 2.45) is 0 Å². The number of phosphoric acid groups is 1. The summed E-state index contributed by atoms with van der Waals surface area (Å²) in [5.41, 5.74) is 0. The lowest BCUT2D eigenvalue weighted by atomic mass is 10.2. The zero-order valence-corrected chi connectivity index (χ0v) is 44.7. The van der Waals surface area contributed by atoms with E-state index in [0.29, 0.717) is 25.7 Å². The molecule has 3 atom stereocenters. The van der Waals surface area contributed by atoms with Crippen molar-refractivity contribution in [1.82, 2.24) is 0 Å². The Bertz CT molecular complexity index is 1850. The van der Waals surface area contributed by atoms with Crippen molar-refractivity contribution in [3.8, 4) is 0 Å². The van der Waals surface area contributed by atoms with Gasteiger partial charge in [-0.15, -0.1) is 0 Å². The molecule has 0 aliphatic carbocycles. The van der Waals surface area contributed by atoms with E-state index in [2.05, 4.69) is 142 Å². The van der Waals surface area contributed by atoms with Crippen molar-refractivity contribution >= 4 is 25.7 Å². The zero-order chi connectivity index (χ0) is 52.7. The minimum absolute atomic E-state index is 0.0144. The molecule has 0 saturated heterocycles. The van der Waals surface area contributed by atoms with Crippen molar-refractivity contribution in [2.45, 2.75) is 161 Å². The molecule has 0 aliphatic rings. The highest BCUT2D eigenvalue weighted by Crippen LogP contribution is 2.43. The van der Waals surface area contributed by atoms with Crippen molar-refractivity contribution in [1.29, 1.82) is 0 Å². The van der Waals surface area contributed by atoms with Gasteiger partial charge in [-0.3, -0.25) is 23.4 Å². The van der Waals surface area contributed by atoms with Gasteiger partial charge < -0.3 is 24.2 Å². The summed E-state index contributed by atoms with van der Waals surface area (Å²) in [5, 5.41) is 9.76. The first-order valence-corrected chi connectivity index (χ1v) is 27.5. The van der Waals surface area contributed by atoms with E-state index in [9.17, 15) is 28.9 Å². The maximum atomic E-state index is 12.8. The molecule has 0 radical (unpaired) electrons. The number of hydrogen-bond acceptors (Lipinski definition) is 10. The van der Waals surface area contributed by atoms with Gasteiger partial charge in [0.2, 0.25) is 0 Å². The van der Waals surface area contributed by atoms with Gasteiger partial charge in [0.25, 0.3) is 0 Å². The minimum atomic E-state index is -4.81. The summed E-state index contributed by atoms with van der Waals surface area (Å²) >= 11 is 0. The Morgan fingerprint density at radius 1 is 0.375 bits per heavy atom. The van der Waals surface area contributed by atoms with Crippen molar-refractivity contribution in [3.05, 3.63) is 170 Å². The van der Waals surface area contributed by atoms with Crippen LogP contribution in [0.3, 0.4) is 0 Å². The molecule has 12 heteroatoms. The molecule has 0 aromatic carbocycles. The van der Waals surface area contributed by atoms with Gasteiger partial charge in [-0.25, -0.2) is 4.57 Å². The highest BCUT2D eigenvalue weighted by atomic mass is 31.2. The fraction of sp³-hybridized carbons (Fsp3) is 0.483. The van der Waals surface area contributed by atoms with Gasteiger partial charge >= 0.3 is 25.7 Å². The number of esters is 3. The van der Waals surface area contributed by atoms with Gasteiger partial charge in [-0.1, -0.05) is 191 Å². The summed E-state index contributed by atoms with van der Waals surface area (Å²) < 4.78 is 39.1. The average Bonchev–Trinajstić information content (AvgIpc) is 3.37. The number of carbonyl (C=O) groups excluding carboxylic acids is 3. The molecule has 0 aromatic heterocycles. The largest absolute Gasteiger partial charge is 0.472 e. The minimum Gasteiger partial charge on any atom is -0.462 e. The van der Waals surface area contributed by atoms with E-state index in [1.807, 2.05) is 48.6 Å². The number of rotatable bonds is 45. The maximum Gasteiger partial charge on any atom is 0.472 e. The standard InChI is InChI=1S/C60H89O11P/c1-4-7-10-13-16-19-22-25-26-27-28-29-30-33-34-37-40-43-46-49-58(62)67-53-57(71-60(64)51-48-45-42-39-36-32-24-21-18-15-12-9-6-3)55-69-72(65,66)68-54-56(52-61)70-59(63)50-47-44-41-38-35-31-23-20-17-14-11-8-5-2/h7-12,16-21,25-26,28-29,31-36,40-45,56-57,61H,4-6,13-15,22-24,27,30,37-39,46-55H2,1-3H3,(H,65,66)/b10-7-,11-8-,12-9-,19-16-,20-17-,21-18-,26-25-,29-28-,34-33-,35-31-,36-32-,43-40-,44-41-,45-42-. The van der Waals surface area contributed by atoms with E-state index >= 15 is 0 Å². The van der Waals surface area contributed by atoms with Crippen LogP contribution in [-0.2, 0) is 42.2 Å². The van der Waals surface area contributed by atoms with Gasteiger partial charge in [0.1, 0.15) is 12.7 Å².